The van der Waals surface area contributed by atoms with Crippen molar-refractivity contribution >= 4 is 35.1 Å². The molecule has 8 heteroatoms. The molecule has 0 unspecified atom stereocenters. The molecule has 0 aliphatic heterocycles. The van der Waals surface area contributed by atoms with Gasteiger partial charge in [0.05, 0.1) is 6.21 Å². The topological polar surface area (TPSA) is 68.2 Å². The normalized spacial score (nSPS) is 10.8. The van der Waals surface area contributed by atoms with Crippen molar-refractivity contribution in [3.05, 3.63) is 47.3 Å². The smallest absolute Gasteiger partial charge is 0.184 e. The predicted octanol–water partition coefficient (Wildman–Crippen LogP) is 1.83. The fourth-order valence-corrected chi connectivity index (χ4v) is 1.65. The van der Waals surface area contributed by atoms with Crippen LogP contribution in [0.4, 0.5) is 4.39 Å². The molecule has 0 atom stereocenters. The van der Waals surface area contributed by atoms with Crippen LogP contribution in [0.3, 0.4) is 0 Å². The number of thiocarbonyl (C=S) groups is 1. The number of hydrogen-bond donors (Lipinski definition) is 2. The highest BCUT2D eigenvalue weighted by Gasteiger charge is 2.08. The number of nitrogens with zero attached hydrogens (tertiary/aromatic N) is 3. The van der Waals surface area contributed by atoms with Gasteiger partial charge in [0.2, 0.25) is 0 Å². The molecule has 1 aromatic heterocycles. The molecule has 19 heavy (non-hydrogen) atoms. The Labute approximate surface area is 118 Å². The summed E-state index contributed by atoms with van der Waals surface area (Å²) in [6.07, 6.45) is 2.94. The minimum absolute atomic E-state index is 0.0419. The maximum atomic E-state index is 12.9. The standard InChI is InChI=1S/C11H9ClFN5S/c12-10-9(5-16-17-11(14)19)18(6-15-10)8-3-1-7(13)2-4-8/h1-6H,(H3,14,17,19). The average Bonchev–Trinajstić information content (AvgIpc) is 2.72. The van der Waals surface area contributed by atoms with Crippen LogP contribution in [-0.4, -0.2) is 20.9 Å². The van der Waals surface area contributed by atoms with Crippen LogP contribution in [0.1, 0.15) is 5.69 Å². The summed E-state index contributed by atoms with van der Waals surface area (Å²) >= 11 is 10.6. The third-order valence-corrected chi connectivity index (χ3v) is 2.61. The lowest BCUT2D eigenvalue weighted by molar-refractivity contribution is 0.627. The van der Waals surface area contributed by atoms with E-state index in [4.69, 9.17) is 17.3 Å². The van der Waals surface area contributed by atoms with Crippen LogP contribution < -0.4 is 11.2 Å². The highest BCUT2D eigenvalue weighted by Crippen LogP contribution is 2.17. The Hall–Kier alpha value is -1.99. The monoisotopic (exact) mass is 297 g/mol. The second-order valence-corrected chi connectivity index (χ2v) is 4.30. The van der Waals surface area contributed by atoms with Crippen LogP contribution in [0.25, 0.3) is 5.69 Å². The lowest BCUT2D eigenvalue weighted by Gasteiger charge is -2.05. The van der Waals surface area contributed by atoms with E-state index in [-0.39, 0.29) is 16.1 Å². The van der Waals surface area contributed by atoms with Gasteiger partial charge in [-0.05, 0) is 36.5 Å². The number of hydrogen-bond acceptors (Lipinski definition) is 3. The van der Waals surface area contributed by atoms with E-state index in [1.165, 1.54) is 24.7 Å². The number of aromatic nitrogens is 2. The number of hydrazone groups is 1. The molecule has 0 saturated heterocycles. The van der Waals surface area contributed by atoms with Crippen LogP contribution in [0.2, 0.25) is 5.15 Å². The Morgan fingerprint density at radius 1 is 1.47 bits per heavy atom. The summed E-state index contributed by atoms with van der Waals surface area (Å²) in [4.78, 5) is 3.96. The van der Waals surface area contributed by atoms with Crippen LogP contribution in [-0.2, 0) is 0 Å². The third kappa shape index (κ3) is 3.27. The van der Waals surface area contributed by atoms with E-state index >= 15 is 0 Å². The fraction of sp³-hybridized carbons (Fsp3) is 0. The number of imidazole rings is 1. The molecule has 0 fully saturated rings. The van der Waals surface area contributed by atoms with Gasteiger partial charge >= 0.3 is 0 Å². The average molecular weight is 298 g/mol. The minimum Gasteiger partial charge on any atom is -0.375 e. The molecule has 0 amide bonds. The molecule has 0 aliphatic carbocycles. The Balaban J connectivity index is 2.34. The van der Waals surface area contributed by atoms with Crippen molar-refractivity contribution < 1.29 is 4.39 Å². The SMILES string of the molecule is NC(=S)NN=Cc1c(Cl)ncn1-c1ccc(F)cc1. The number of rotatable bonds is 3. The van der Waals surface area contributed by atoms with Gasteiger partial charge in [-0.2, -0.15) is 5.10 Å². The van der Waals surface area contributed by atoms with Gasteiger partial charge in [0.15, 0.2) is 10.3 Å². The van der Waals surface area contributed by atoms with Crippen molar-refractivity contribution in [2.75, 3.05) is 0 Å². The van der Waals surface area contributed by atoms with Crippen molar-refractivity contribution in [1.29, 1.82) is 0 Å². The van der Waals surface area contributed by atoms with Gasteiger partial charge in [-0.15, -0.1) is 0 Å². The van der Waals surface area contributed by atoms with Crippen molar-refractivity contribution in [2.45, 2.75) is 0 Å². The van der Waals surface area contributed by atoms with Gasteiger partial charge in [-0.1, -0.05) is 11.6 Å². The highest BCUT2D eigenvalue weighted by atomic mass is 35.5. The maximum absolute atomic E-state index is 12.9. The lowest BCUT2D eigenvalue weighted by atomic mass is 10.3. The highest BCUT2D eigenvalue weighted by molar-refractivity contribution is 7.80. The van der Waals surface area contributed by atoms with Gasteiger partial charge in [0.1, 0.15) is 17.8 Å². The number of nitrogens with one attached hydrogen (secondary N) is 1. The van der Waals surface area contributed by atoms with E-state index in [0.717, 1.165) is 0 Å². The largest absolute Gasteiger partial charge is 0.375 e. The predicted molar refractivity (Wildman–Crippen MR) is 76.0 cm³/mol. The van der Waals surface area contributed by atoms with Crippen molar-refractivity contribution in [3.8, 4) is 5.69 Å². The first-order chi connectivity index (χ1) is 9.08. The number of halogens is 2. The van der Waals surface area contributed by atoms with Gasteiger partial charge < -0.3 is 5.73 Å². The second-order valence-electron chi connectivity index (χ2n) is 3.50. The van der Waals surface area contributed by atoms with Crippen molar-refractivity contribution in [1.82, 2.24) is 15.0 Å². The molecule has 0 aliphatic rings. The first kappa shape index (κ1) is 13.4. The molecule has 3 N–H and O–H groups in total. The van der Waals surface area contributed by atoms with E-state index in [9.17, 15) is 4.39 Å². The van der Waals surface area contributed by atoms with E-state index in [2.05, 4.69) is 27.7 Å². The summed E-state index contributed by atoms with van der Waals surface area (Å²) in [6.45, 7) is 0. The summed E-state index contributed by atoms with van der Waals surface area (Å²) in [6, 6.07) is 5.90. The summed E-state index contributed by atoms with van der Waals surface area (Å²) in [5.74, 6) is -0.319. The van der Waals surface area contributed by atoms with Gasteiger partial charge in [-0.25, -0.2) is 9.37 Å². The molecule has 98 valence electrons. The molecule has 0 bridgehead atoms. The Morgan fingerprint density at radius 2 is 2.16 bits per heavy atom. The molecule has 0 radical (unpaired) electrons. The number of benzene rings is 1. The van der Waals surface area contributed by atoms with Crippen LogP contribution in [0, 0.1) is 5.82 Å². The molecule has 0 saturated carbocycles. The van der Waals surface area contributed by atoms with E-state index in [0.29, 0.717) is 11.4 Å². The summed E-state index contributed by atoms with van der Waals surface area (Å²) < 4.78 is 14.5. The van der Waals surface area contributed by atoms with Crippen LogP contribution in [0.5, 0.6) is 0 Å². The molecule has 1 aromatic carbocycles. The Kier molecular flexibility index (Phi) is 4.08. The molecular formula is C11H9ClFN5S. The van der Waals surface area contributed by atoms with Crippen molar-refractivity contribution in [2.24, 2.45) is 10.8 Å². The maximum Gasteiger partial charge on any atom is 0.184 e. The summed E-state index contributed by atoms with van der Waals surface area (Å²) in [5.41, 5.74) is 8.89. The molecule has 2 rings (SSSR count). The van der Waals surface area contributed by atoms with Crippen molar-refractivity contribution in [3.63, 3.8) is 0 Å². The van der Waals surface area contributed by atoms with Crippen LogP contribution in [0.15, 0.2) is 35.7 Å². The zero-order valence-electron chi connectivity index (χ0n) is 9.55. The zero-order chi connectivity index (χ0) is 13.8. The summed E-state index contributed by atoms with van der Waals surface area (Å²) in [7, 11) is 0. The Morgan fingerprint density at radius 3 is 2.79 bits per heavy atom. The van der Waals surface area contributed by atoms with Gasteiger partial charge in [0.25, 0.3) is 0 Å². The molecule has 0 spiro atoms. The van der Waals surface area contributed by atoms with Crippen LogP contribution >= 0.6 is 23.8 Å². The second kappa shape index (κ2) is 5.77. The van der Waals surface area contributed by atoms with Gasteiger partial charge in [0, 0.05) is 5.69 Å². The Bertz CT molecular complexity index is 623. The van der Waals surface area contributed by atoms with E-state index < -0.39 is 0 Å². The number of nitrogens with two attached hydrogens (primary N) is 1. The molecule has 5 nitrogen and oxygen atoms in total. The van der Waals surface area contributed by atoms with E-state index in [1.807, 2.05) is 0 Å². The molecule has 2 aromatic rings. The first-order valence-corrected chi connectivity index (χ1v) is 5.94. The quantitative estimate of drug-likeness (QED) is 0.515. The summed E-state index contributed by atoms with van der Waals surface area (Å²) in [5, 5.41) is 4.12. The van der Waals surface area contributed by atoms with Gasteiger partial charge in [-0.3, -0.25) is 9.99 Å². The zero-order valence-corrected chi connectivity index (χ0v) is 11.1. The fourth-order valence-electron chi connectivity index (χ4n) is 1.42. The molecular weight excluding hydrogens is 289 g/mol. The lowest BCUT2D eigenvalue weighted by Crippen LogP contribution is -2.24. The third-order valence-electron chi connectivity index (χ3n) is 2.22. The molecule has 1 heterocycles. The minimum atomic E-state index is -0.319. The van der Waals surface area contributed by atoms with E-state index in [1.54, 1.807) is 16.7 Å². The first-order valence-electron chi connectivity index (χ1n) is 5.15.